The van der Waals surface area contributed by atoms with E-state index in [9.17, 15) is 0 Å². The van der Waals surface area contributed by atoms with Crippen molar-refractivity contribution in [1.29, 1.82) is 0 Å². The highest BCUT2D eigenvalue weighted by molar-refractivity contribution is 4.74. The first kappa shape index (κ1) is 3.33. The molecule has 1 rings (SSSR count). The van der Waals surface area contributed by atoms with Crippen molar-refractivity contribution in [3.63, 3.8) is 0 Å². The van der Waals surface area contributed by atoms with Crippen molar-refractivity contribution in [2.45, 2.75) is 0 Å². The van der Waals surface area contributed by atoms with Crippen molar-refractivity contribution in [3.8, 4) is 0 Å². The highest BCUT2D eigenvalue weighted by atomic mass is 15.4. The molecule has 0 aromatic carbocycles. The summed E-state index contributed by atoms with van der Waals surface area (Å²) >= 11 is 0. The van der Waals surface area contributed by atoms with Crippen molar-refractivity contribution < 1.29 is 0 Å². The van der Waals surface area contributed by atoms with Crippen LogP contribution in [0, 0.1) is 6.20 Å². The molecule has 0 saturated heterocycles. The van der Waals surface area contributed by atoms with Gasteiger partial charge in [0.1, 0.15) is 6.20 Å². The third kappa shape index (κ3) is 0.544. The van der Waals surface area contributed by atoms with Gasteiger partial charge in [0.05, 0.1) is 6.54 Å². The van der Waals surface area contributed by atoms with Crippen LogP contribution >= 0.6 is 0 Å². The Bertz CT molecular complexity index is 72.0. The van der Waals surface area contributed by atoms with Gasteiger partial charge in [-0.15, -0.1) is 5.11 Å². The van der Waals surface area contributed by atoms with Crippen molar-refractivity contribution in [1.82, 2.24) is 5.43 Å². The topological polar surface area (TPSA) is 36.8 Å². The van der Waals surface area contributed by atoms with Crippen LogP contribution in [0.1, 0.15) is 0 Å². The van der Waals surface area contributed by atoms with Gasteiger partial charge in [-0.25, -0.2) is 0 Å². The molecule has 1 radical (unpaired) electrons. The second kappa shape index (κ2) is 1.55. The standard InChI is InChI=1S/C3H4N3/c1-2-4-6-5-3-1/h1H,2H2,(H,4,5). The Morgan fingerprint density at radius 3 is 3.00 bits per heavy atom. The van der Waals surface area contributed by atoms with E-state index >= 15 is 0 Å². The molecule has 0 spiro atoms. The maximum atomic E-state index is 3.41. The van der Waals surface area contributed by atoms with Gasteiger partial charge >= 0.3 is 0 Å². The van der Waals surface area contributed by atoms with Crippen LogP contribution in [-0.2, 0) is 0 Å². The van der Waals surface area contributed by atoms with E-state index in [0.717, 1.165) is 6.54 Å². The van der Waals surface area contributed by atoms with E-state index < -0.39 is 0 Å². The molecule has 1 aliphatic rings. The molecule has 0 bridgehead atoms. The quantitative estimate of drug-likeness (QED) is 0.447. The third-order valence-electron chi connectivity index (χ3n) is 0.463. The number of nitrogens with zero attached hydrogens (tertiary/aromatic N) is 2. The van der Waals surface area contributed by atoms with Gasteiger partial charge in [-0.05, 0) is 6.08 Å². The molecule has 3 nitrogen and oxygen atoms in total. The first-order chi connectivity index (χ1) is 3.00. The van der Waals surface area contributed by atoms with Gasteiger partial charge in [-0.3, -0.25) is 5.43 Å². The van der Waals surface area contributed by atoms with Gasteiger partial charge in [0.25, 0.3) is 0 Å². The van der Waals surface area contributed by atoms with Crippen molar-refractivity contribution in [2.75, 3.05) is 6.54 Å². The first-order valence-electron chi connectivity index (χ1n) is 1.70. The Morgan fingerprint density at radius 2 is 2.83 bits per heavy atom. The summed E-state index contributed by atoms with van der Waals surface area (Å²) in [6, 6.07) is 0. The lowest BCUT2D eigenvalue weighted by atomic mass is 10.6. The van der Waals surface area contributed by atoms with Crippen LogP contribution < -0.4 is 5.43 Å². The third-order valence-corrected chi connectivity index (χ3v) is 0.463. The molecule has 0 saturated carbocycles. The normalized spacial score (nSPS) is 17.3. The van der Waals surface area contributed by atoms with Gasteiger partial charge in [-0.2, -0.15) is 0 Å². The number of hydrogen-bond donors (Lipinski definition) is 1. The zero-order chi connectivity index (χ0) is 4.24. The zero-order valence-electron chi connectivity index (χ0n) is 3.18. The minimum absolute atomic E-state index is 0.753. The lowest BCUT2D eigenvalue weighted by Crippen LogP contribution is -2.04. The van der Waals surface area contributed by atoms with Crippen LogP contribution in [0.5, 0.6) is 0 Å². The van der Waals surface area contributed by atoms with Crippen LogP contribution in [0.15, 0.2) is 16.4 Å². The van der Waals surface area contributed by atoms with E-state index in [-0.39, 0.29) is 0 Å². The molecular weight excluding hydrogens is 78.1 g/mol. The summed E-state index contributed by atoms with van der Waals surface area (Å²) in [7, 11) is 0. The van der Waals surface area contributed by atoms with E-state index in [1.54, 1.807) is 6.08 Å². The predicted molar refractivity (Wildman–Crippen MR) is 20.7 cm³/mol. The summed E-state index contributed by atoms with van der Waals surface area (Å²) in [6.45, 7) is 0.753. The van der Waals surface area contributed by atoms with E-state index in [0.29, 0.717) is 0 Å². The fourth-order valence-electron chi connectivity index (χ4n) is 0.237. The second-order valence-electron chi connectivity index (χ2n) is 0.895. The highest BCUT2D eigenvalue weighted by Gasteiger charge is 1.76. The minimum Gasteiger partial charge on any atom is -0.288 e. The first-order valence-corrected chi connectivity index (χ1v) is 1.70. The number of nitrogens with one attached hydrogen (secondary N) is 1. The molecule has 0 amide bonds. The molecule has 6 heavy (non-hydrogen) atoms. The van der Waals surface area contributed by atoms with E-state index in [2.05, 4.69) is 22.0 Å². The average Bonchev–Trinajstić information content (AvgIpc) is 1.72. The molecule has 1 N–H and O–H groups in total. The highest BCUT2D eigenvalue weighted by Crippen LogP contribution is 1.78. The summed E-state index contributed by atoms with van der Waals surface area (Å²) in [5.74, 6) is 0. The minimum atomic E-state index is 0.753. The van der Waals surface area contributed by atoms with Crippen molar-refractivity contribution in [3.05, 3.63) is 12.3 Å². The second-order valence-corrected chi connectivity index (χ2v) is 0.895. The van der Waals surface area contributed by atoms with Crippen molar-refractivity contribution >= 4 is 0 Å². The van der Waals surface area contributed by atoms with Gasteiger partial charge < -0.3 is 0 Å². The Kier molecular flexibility index (Phi) is 0.859. The van der Waals surface area contributed by atoms with Gasteiger partial charge in [0, 0.05) is 0 Å². The van der Waals surface area contributed by atoms with Gasteiger partial charge in [-0.1, -0.05) is 5.22 Å². The Balaban J connectivity index is 2.46. The fraction of sp³-hybridized carbons (Fsp3) is 0.333. The molecule has 1 aliphatic heterocycles. The maximum absolute atomic E-state index is 3.41. The SMILES string of the molecule is [C]1=CCNN=N1. The van der Waals surface area contributed by atoms with E-state index in [1.807, 2.05) is 0 Å². The van der Waals surface area contributed by atoms with Crippen LogP contribution in [-0.4, -0.2) is 6.54 Å². The largest absolute Gasteiger partial charge is 0.288 e. The summed E-state index contributed by atoms with van der Waals surface area (Å²) in [5.41, 5.74) is 2.62. The fourth-order valence-corrected chi connectivity index (χ4v) is 0.237. The van der Waals surface area contributed by atoms with E-state index in [4.69, 9.17) is 0 Å². The molecule has 0 aromatic rings. The van der Waals surface area contributed by atoms with Crippen molar-refractivity contribution in [2.24, 2.45) is 10.3 Å². The summed E-state index contributed by atoms with van der Waals surface area (Å²) in [6.07, 6.45) is 4.33. The molecule has 0 fully saturated rings. The number of hydrogen-bond acceptors (Lipinski definition) is 3. The van der Waals surface area contributed by atoms with Crippen LogP contribution in [0.3, 0.4) is 0 Å². The monoisotopic (exact) mass is 82.0 g/mol. The molecule has 0 aromatic heterocycles. The lowest BCUT2D eigenvalue weighted by molar-refractivity contribution is 0.732. The summed E-state index contributed by atoms with van der Waals surface area (Å²) < 4.78 is 0. The molecule has 31 valence electrons. The Hall–Kier alpha value is -0.860. The molecule has 3 heteroatoms. The number of rotatable bonds is 0. The lowest BCUT2D eigenvalue weighted by Gasteiger charge is -1.91. The van der Waals surface area contributed by atoms with Crippen LogP contribution in [0.4, 0.5) is 0 Å². The summed E-state index contributed by atoms with van der Waals surface area (Å²) in [5, 5.41) is 6.80. The van der Waals surface area contributed by atoms with Crippen LogP contribution in [0.25, 0.3) is 0 Å². The maximum Gasteiger partial charge on any atom is 0.113 e. The van der Waals surface area contributed by atoms with E-state index in [1.165, 1.54) is 0 Å². The zero-order valence-corrected chi connectivity index (χ0v) is 3.18. The predicted octanol–water partition coefficient (Wildman–Crippen LogP) is 0.274. The molecule has 0 aliphatic carbocycles. The van der Waals surface area contributed by atoms with Gasteiger partial charge in [0.15, 0.2) is 0 Å². The Labute approximate surface area is 35.7 Å². The molecule has 0 atom stereocenters. The smallest absolute Gasteiger partial charge is 0.113 e. The average molecular weight is 82.1 g/mol. The molecular formula is C3H4N3. The Morgan fingerprint density at radius 1 is 1.83 bits per heavy atom. The molecule has 0 unspecified atom stereocenters. The van der Waals surface area contributed by atoms with Crippen LogP contribution in [0.2, 0.25) is 0 Å². The molecule has 1 heterocycles. The van der Waals surface area contributed by atoms with Gasteiger partial charge in [0.2, 0.25) is 0 Å². The summed E-state index contributed by atoms with van der Waals surface area (Å²) in [4.78, 5) is 0.